The van der Waals surface area contributed by atoms with E-state index >= 15 is 0 Å². The highest BCUT2D eigenvalue weighted by molar-refractivity contribution is 7.99. The van der Waals surface area contributed by atoms with Crippen LogP contribution in [0.15, 0.2) is 53.7 Å². The van der Waals surface area contributed by atoms with E-state index in [0.29, 0.717) is 0 Å². The number of ether oxygens (including phenoxy) is 1. The molecule has 0 aliphatic carbocycles. The molecule has 2 aromatic heterocycles. The molecule has 3 rings (SSSR count). The second kappa shape index (κ2) is 9.04. The van der Waals surface area contributed by atoms with Gasteiger partial charge in [-0.1, -0.05) is 18.2 Å². The lowest BCUT2D eigenvalue weighted by atomic mass is 10.3. The van der Waals surface area contributed by atoms with Crippen molar-refractivity contribution in [2.75, 3.05) is 11.1 Å². The molecule has 0 saturated heterocycles. The number of hydrogen-bond donors (Lipinski definition) is 2. The molecule has 2 heterocycles. The van der Waals surface area contributed by atoms with Crippen LogP contribution in [0.1, 0.15) is 16.2 Å². The first-order valence-electron chi connectivity index (χ1n) is 7.90. The summed E-state index contributed by atoms with van der Waals surface area (Å²) in [5.41, 5.74) is 6.33. The number of pyridine rings is 1. The van der Waals surface area contributed by atoms with Gasteiger partial charge < -0.3 is 15.8 Å². The van der Waals surface area contributed by atoms with E-state index in [4.69, 9.17) is 10.5 Å². The van der Waals surface area contributed by atoms with E-state index in [1.54, 1.807) is 0 Å². The summed E-state index contributed by atoms with van der Waals surface area (Å²) >= 11 is 0.165. The lowest BCUT2D eigenvalue weighted by Crippen LogP contribution is -2.12. The highest BCUT2D eigenvalue weighted by Gasteiger charge is 2.18. The Hall–Kier alpha value is -3.34. The van der Waals surface area contributed by atoms with Crippen LogP contribution in [0.3, 0.4) is 0 Å². The maximum Gasteiger partial charge on any atom is 0.341 e. The Labute approximate surface area is 162 Å². The fraction of sp³-hybridized carbons (Fsp3) is 0.118. The van der Waals surface area contributed by atoms with E-state index in [-0.39, 0.29) is 46.7 Å². The first kappa shape index (κ1) is 19.4. The summed E-state index contributed by atoms with van der Waals surface area (Å²) in [5.74, 6) is -3.31. The summed E-state index contributed by atoms with van der Waals surface area (Å²) in [6, 6.07) is 11.9. The molecule has 28 heavy (non-hydrogen) atoms. The second-order valence-electron chi connectivity index (χ2n) is 5.24. The van der Waals surface area contributed by atoms with Gasteiger partial charge in [-0.3, -0.25) is 0 Å². The summed E-state index contributed by atoms with van der Waals surface area (Å²) in [6.07, 6.45) is 1.32. The van der Waals surface area contributed by atoms with Crippen molar-refractivity contribution < 1.29 is 18.3 Å². The number of esters is 1. The average molecular weight is 404 g/mol. The molecule has 11 heteroatoms. The van der Waals surface area contributed by atoms with Crippen LogP contribution in [-0.2, 0) is 11.3 Å². The highest BCUT2D eigenvalue weighted by Crippen LogP contribution is 2.26. The van der Waals surface area contributed by atoms with Gasteiger partial charge in [0.1, 0.15) is 5.03 Å². The third kappa shape index (κ3) is 5.33. The number of aromatic nitrogens is 4. The van der Waals surface area contributed by atoms with Crippen molar-refractivity contribution in [2.45, 2.75) is 17.4 Å². The molecule has 3 N–H and O–H groups in total. The number of anilines is 3. The van der Waals surface area contributed by atoms with Crippen molar-refractivity contribution >= 4 is 35.3 Å². The third-order valence-electron chi connectivity index (χ3n) is 3.25. The fourth-order valence-corrected chi connectivity index (χ4v) is 2.71. The number of nitrogen functional groups attached to an aromatic ring is 1. The molecular formula is C17H14F2N6O2S. The number of para-hydroxylation sites is 1. The molecule has 0 unspecified atom stereocenters. The van der Waals surface area contributed by atoms with E-state index in [1.807, 2.05) is 30.3 Å². The Bertz CT molecular complexity index is 961. The van der Waals surface area contributed by atoms with Crippen LogP contribution in [0.4, 0.5) is 26.4 Å². The van der Waals surface area contributed by atoms with Crippen LogP contribution in [0.5, 0.6) is 0 Å². The smallest absolute Gasteiger partial charge is 0.341 e. The van der Waals surface area contributed by atoms with Crippen molar-refractivity contribution in [1.82, 2.24) is 19.9 Å². The maximum atomic E-state index is 12.6. The quantitative estimate of drug-likeness (QED) is 0.452. The van der Waals surface area contributed by atoms with Gasteiger partial charge in [0.05, 0.1) is 5.56 Å². The standard InChI is InChI=1S/C17H14F2N6O2S/c18-15(19)28-13-11(7-4-8-21-13)14(26)27-9-12-23-16(20)25-17(24-12)22-10-5-2-1-3-6-10/h1-8,15H,9H2,(H3,20,22,23,24,25). The zero-order valence-electron chi connectivity index (χ0n) is 14.3. The van der Waals surface area contributed by atoms with Gasteiger partial charge in [0.2, 0.25) is 11.9 Å². The number of hydrogen-bond acceptors (Lipinski definition) is 9. The number of carbonyl (C=O) groups is 1. The predicted molar refractivity (Wildman–Crippen MR) is 99.2 cm³/mol. The first-order chi connectivity index (χ1) is 13.5. The molecule has 0 amide bonds. The average Bonchev–Trinajstić information content (AvgIpc) is 2.66. The minimum Gasteiger partial charge on any atom is -0.454 e. The normalized spacial score (nSPS) is 10.7. The SMILES string of the molecule is Nc1nc(COC(=O)c2cccnc2SC(F)F)nc(Nc2ccccc2)n1. The number of benzene rings is 1. The highest BCUT2D eigenvalue weighted by atomic mass is 32.2. The maximum absolute atomic E-state index is 12.6. The molecule has 8 nitrogen and oxygen atoms in total. The largest absolute Gasteiger partial charge is 0.454 e. The number of nitrogens with zero attached hydrogens (tertiary/aromatic N) is 4. The van der Waals surface area contributed by atoms with E-state index in [0.717, 1.165) is 5.69 Å². The second-order valence-corrected chi connectivity index (χ2v) is 6.21. The molecule has 0 fully saturated rings. The zero-order chi connectivity index (χ0) is 19.9. The van der Waals surface area contributed by atoms with Gasteiger partial charge in [0, 0.05) is 11.9 Å². The number of carbonyl (C=O) groups excluding carboxylic acids is 1. The topological polar surface area (TPSA) is 116 Å². The minimum absolute atomic E-state index is 0.0604. The first-order valence-corrected chi connectivity index (χ1v) is 8.78. The van der Waals surface area contributed by atoms with Crippen LogP contribution < -0.4 is 11.1 Å². The Kier molecular flexibility index (Phi) is 6.27. The van der Waals surface area contributed by atoms with Crippen LogP contribution in [-0.4, -0.2) is 31.7 Å². The molecule has 0 saturated carbocycles. The lowest BCUT2D eigenvalue weighted by Gasteiger charge is -2.09. The summed E-state index contributed by atoms with van der Waals surface area (Å²) in [7, 11) is 0. The number of nitrogens with one attached hydrogen (secondary N) is 1. The monoisotopic (exact) mass is 404 g/mol. The van der Waals surface area contributed by atoms with Gasteiger partial charge in [-0.15, -0.1) is 0 Å². The van der Waals surface area contributed by atoms with E-state index in [9.17, 15) is 13.6 Å². The van der Waals surface area contributed by atoms with E-state index in [1.165, 1.54) is 18.3 Å². The van der Waals surface area contributed by atoms with Crippen molar-refractivity contribution in [3.05, 3.63) is 60.0 Å². The Morgan fingerprint density at radius 1 is 1.14 bits per heavy atom. The predicted octanol–water partition coefficient (Wildman–Crippen LogP) is 3.26. The summed E-state index contributed by atoms with van der Waals surface area (Å²) in [4.78, 5) is 28.0. The molecule has 0 radical (unpaired) electrons. The number of thioether (sulfide) groups is 1. The van der Waals surface area contributed by atoms with Crippen molar-refractivity contribution in [3.63, 3.8) is 0 Å². The Morgan fingerprint density at radius 2 is 1.93 bits per heavy atom. The molecule has 0 bridgehead atoms. The minimum atomic E-state index is -2.71. The van der Waals surface area contributed by atoms with Crippen LogP contribution in [0, 0.1) is 0 Å². The lowest BCUT2D eigenvalue weighted by molar-refractivity contribution is 0.0457. The van der Waals surface area contributed by atoms with Gasteiger partial charge in [0.15, 0.2) is 12.4 Å². The van der Waals surface area contributed by atoms with Crippen molar-refractivity contribution in [2.24, 2.45) is 0 Å². The number of halogens is 2. The number of alkyl halides is 2. The van der Waals surface area contributed by atoms with Crippen molar-refractivity contribution in [3.8, 4) is 0 Å². The van der Waals surface area contributed by atoms with Gasteiger partial charge in [0.25, 0.3) is 5.76 Å². The fourth-order valence-electron chi connectivity index (χ4n) is 2.14. The van der Waals surface area contributed by atoms with Gasteiger partial charge in [-0.25, -0.2) is 9.78 Å². The third-order valence-corrected chi connectivity index (χ3v) is 3.98. The van der Waals surface area contributed by atoms with Crippen LogP contribution in [0.2, 0.25) is 0 Å². The van der Waals surface area contributed by atoms with Crippen molar-refractivity contribution in [1.29, 1.82) is 0 Å². The molecule has 0 atom stereocenters. The summed E-state index contributed by atoms with van der Waals surface area (Å²) < 4.78 is 30.3. The van der Waals surface area contributed by atoms with Gasteiger partial charge in [-0.2, -0.15) is 23.7 Å². The molecule has 0 spiro atoms. The Balaban J connectivity index is 1.70. The van der Waals surface area contributed by atoms with E-state index < -0.39 is 11.7 Å². The summed E-state index contributed by atoms with van der Waals surface area (Å²) in [5, 5.41) is 2.83. The number of nitrogens with two attached hydrogens (primary N) is 1. The van der Waals surface area contributed by atoms with Gasteiger partial charge in [-0.05, 0) is 36.0 Å². The van der Waals surface area contributed by atoms with Crippen LogP contribution >= 0.6 is 11.8 Å². The van der Waals surface area contributed by atoms with E-state index in [2.05, 4.69) is 25.3 Å². The Morgan fingerprint density at radius 3 is 2.68 bits per heavy atom. The molecular weight excluding hydrogens is 390 g/mol. The number of rotatable bonds is 7. The molecule has 3 aromatic rings. The molecule has 0 aliphatic rings. The summed E-state index contributed by atoms with van der Waals surface area (Å²) in [6.45, 7) is -0.317. The molecule has 144 valence electrons. The van der Waals surface area contributed by atoms with Gasteiger partial charge >= 0.3 is 5.97 Å². The molecule has 0 aliphatic heterocycles. The van der Waals surface area contributed by atoms with Crippen LogP contribution in [0.25, 0.3) is 0 Å². The molecule has 1 aromatic carbocycles. The zero-order valence-corrected chi connectivity index (χ0v) is 15.1.